The Morgan fingerprint density at radius 2 is 1.96 bits per heavy atom. The Kier molecular flexibility index (Phi) is 5.76. The summed E-state index contributed by atoms with van der Waals surface area (Å²) in [6, 6.07) is 10.1. The molecule has 0 unspecified atom stereocenters. The molecule has 1 aliphatic heterocycles. The van der Waals surface area contributed by atoms with E-state index in [1.165, 1.54) is 12.1 Å². The lowest BCUT2D eigenvalue weighted by atomic mass is 10.1. The van der Waals surface area contributed by atoms with E-state index < -0.39 is 11.9 Å². The molecule has 0 radical (unpaired) electrons. The van der Waals surface area contributed by atoms with E-state index in [-0.39, 0.29) is 12.2 Å². The van der Waals surface area contributed by atoms with E-state index in [1.54, 1.807) is 25.1 Å². The SMILES string of the molecule is CC1=NOC(=O)/C1=C\c1cc(Br)cc(Br)c1OCc1ccc(C(=O)O)cc1. The maximum Gasteiger partial charge on any atom is 0.367 e. The minimum absolute atomic E-state index is 0.212. The van der Waals surface area contributed by atoms with Gasteiger partial charge in [-0.2, -0.15) is 0 Å². The molecule has 0 atom stereocenters. The number of hydrogen-bond donors (Lipinski definition) is 1. The van der Waals surface area contributed by atoms with Crippen LogP contribution in [-0.2, 0) is 16.2 Å². The molecule has 0 aliphatic carbocycles. The van der Waals surface area contributed by atoms with Crippen LogP contribution in [0.4, 0.5) is 0 Å². The number of ether oxygens (including phenoxy) is 1. The fourth-order valence-corrected chi connectivity index (χ4v) is 3.79. The molecule has 2 aromatic rings. The van der Waals surface area contributed by atoms with Crippen molar-refractivity contribution in [3.8, 4) is 5.75 Å². The molecule has 1 aliphatic rings. The molecular weight excluding hydrogens is 482 g/mol. The normalized spacial score (nSPS) is 14.9. The molecule has 0 saturated heterocycles. The summed E-state index contributed by atoms with van der Waals surface area (Å²) >= 11 is 6.90. The van der Waals surface area contributed by atoms with Gasteiger partial charge < -0.3 is 14.7 Å². The molecule has 0 amide bonds. The van der Waals surface area contributed by atoms with Gasteiger partial charge in [0.05, 0.1) is 21.3 Å². The van der Waals surface area contributed by atoms with Crippen LogP contribution in [0.2, 0.25) is 0 Å². The zero-order valence-corrected chi connectivity index (χ0v) is 17.2. The predicted octanol–water partition coefficient (Wildman–Crippen LogP) is 4.80. The van der Waals surface area contributed by atoms with E-state index in [0.29, 0.717) is 27.1 Å². The van der Waals surface area contributed by atoms with Gasteiger partial charge in [-0.15, -0.1) is 0 Å². The Morgan fingerprint density at radius 3 is 2.56 bits per heavy atom. The van der Waals surface area contributed by atoms with Gasteiger partial charge in [0.15, 0.2) is 0 Å². The van der Waals surface area contributed by atoms with Gasteiger partial charge in [0.1, 0.15) is 12.4 Å². The lowest BCUT2D eigenvalue weighted by Crippen LogP contribution is -2.03. The molecule has 27 heavy (non-hydrogen) atoms. The summed E-state index contributed by atoms with van der Waals surface area (Å²) in [6.45, 7) is 1.92. The molecule has 3 rings (SSSR count). The summed E-state index contributed by atoms with van der Waals surface area (Å²) in [5.74, 6) is -0.952. The number of aromatic carboxylic acids is 1. The topological polar surface area (TPSA) is 85.2 Å². The van der Waals surface area contributed by atoms with Crippen LogP contribution in [-0.4, -0.2) is 22.8 Å². The molecule has 8 heteroatoms. The zero-order valence-electron chi connectivity index (χ0n) is 14.0. The third kappa shape index (κ3) is 4.45. The van der Waals surface area contributed by atoms with Crippen molar-refractivity contribution in [3.63, 3.8) is 0 Å². The fourth-order valence-electron chi connectivity index (χ4n) is 2.41. The fraction of sp³-hybridized carbons (Fsp3) is 0.105. The van der Waals surface area contributed by atoms with Crippen molar-refractivity contribution in [1.29, 1.82) is 0 Å². The van der Waals surface area contributed by atoms with E-state index in [0.717, 1.165) is 10.0 Å². The van der Waals surface area contributed by atoms with Crippen molar-refractivity contribution in [1.82, 2.24) is 0 Å². The molecule has 0 aromatic heterocycles. The highest BCUT2D eigenvalue weighted by molar-refractivity contribution is 9.11. The van der Waals surface area contributed by atoms with Crippen molar-refractivity contribution in [3.05, 3.63) is 67.6 Å². The third-order valence-electron chi connectivity index (χ3n) is 3.80. The van der Waals surface area contributed by atoms with Crippen molar-refractivity contribution < 1.29 is 24.3 Å². The highest BCUT2D eigenvalue weighted by Crippen LogP contribution is 2.35. The Morgan fingerprint density at radius 1 is 1.26 bits per heavy atom. The quantitative estimate of drug-likeness (QED) is 0.476. The lowest BCUT2D eigenvalue weighted by Gasteiger charge is -2.13. The molecule has 0 saturated carbocycles. The lowest BCUT2D eigenvalue weighted by molar-refractivity contribution is -0.136. The minimum Gasteiger partial charge on any atom is -0.487 e. The first-order chi connectivity index (χ1) is 12.8. The minimum atomic E-state index is -0.979. The number of carboxylic acid groups (broad SMARTS) is 1. The van der Waals surface area contributed by atoms with Crippen molar-refractivity contribution >= 4 is 55.6 Å². The highest BCUT2D eigenvalue weighted by Gasteiger charge is 2.23. The summed E-state index contributed by atoms with van der Waals surface area (Å²) < 4.78 is 7.45. The second-order valence-corrected chi connectivity index (χ2v) is 7.48. The second kappa shape index (κ2) is 8.06. The maximum absolute atomic E-state index is 11.8. The molecule has 0 spiro atoms. The van der Waals surface area contributed by atoms with E-state index >= 15 is 0 Å². The van der Waals surface area contributed by atoms with Gasteiger partial charge in [-0.1, -0.05) is 33.2 Å². The number of oxime groups is 1. The van der Waals surface area contributed by atoms with Crippen LogP contribution in [0.5, 0.6) is 5.75 Å². The van der Waals surface area contributed by atoms with Crippen molar-refractivity contribution in [2.45, 2.75) is 13.5 Å². The van der Waals surface area contributed by atoms with Gasteiger partial charge in [-0.25, -0.2) is 9.59 Å². The van der Waals surface area contributed by atoms with E-state index in [2.05, 4.69) is 41.9 Å². The smallest absolute Gasteiger partial charge is 0.367 e. The first-order valence-electron chi connectivity index (χ1n) is 7.77. The second-order valence-electron chi connectivity index (χ2n) is 5.71. The summed E-state index contributed by atoms with van der Waals surface area (Å²) in [7, 11) is 0. The number of nitrogens with zero attached hydrogens (tertiary/aromatic N) is 1. The van der Waals surface area contributed by atoms with Crippen LogP contribution in [0.1, 0.15) is 28.4 Å². The van der Waals surface area contributed by atoms with Gasteiger partial charge in [-0.05, 0) is 58.8 Å². The molecule has 0 bridgehead atoms. The van der Waals surface area contributed by atoms with E-state index in [1.807, 2.05) is 12.1 Å². The van der Waals surface area contributed by atoms with Gasteiger partial charge in [0, 0.05) is 10.0 Å². The van der Waals surface area contributed by atoms with Crippen LogP contribution < -0.4 is 4.74 Å². The Bertz CT molecular complexity index is 980. The molecule has 6 nitrogen and oxygen atoms in total. The van der Waals surface area contributed by atoms with Gasteiger partial charge in [-0.3, -0.25) is 0 Å². The largest absolute Gasteiger partial charge is 0.487 e. The third-order valence-corrected chi connectivity index (χ3v) is 4.84. The Balaban J connectivity index is 1.89. The van der Waals surface area contributed by atoms with Crippen LogP contribution in [0.25, 0.3) is 6.08 Å². The standard InChI is InChI=1S/C19H13Br2NO5/c1-10-15(19(25)27-22-10)7-13-6-14(20)8-16(21)17(13)26-9-11-2-4-12(5-3-11)18(23)24/h2-8H,9H2,1H3,(H,23,24)/b15-7-. The summed E-state index contributed by atoms with van der Waals surface area (Å²) in [5.41, 5.74) is 2.54. The van der Waals surface area contributed by atoms with Gasteiger partial charge >= 0.3 is 11.9 Å². The maximum atomic E-state index is 11.8. The number of carbonyl (C=O) groups is 2. The zero-order chi connectivity index (χ0) is 19.6. The number of carboxylic acids is 1. The van der Waals surface area contributed by atoms with Gasteiger partial charge in [0.2, 0.25) is 0 Å². The van der Waals surface area contributed by atoms with Gasteiger partial charge in [0.25, 0.3) is 0 Å². The van der Waals surface area contributed by atoms with Crippen molar-refractivity contribution in [2.75, 3.05) is 0 Å². The average Bonchev–Trinajstić information content (AvgIpc) is 2.93. The van der Waals surface area contributed by atoms with Crippen LogP contribution in [0.3, 0.4) is 0 Å². The van der Waals surface area contributed by atoms with E-state index in [4.69, 9.17) is 9.84 Å². The monoisotopic (exact) mass is 493 g/mol. The highest BCUT2D eigenvalue weighted by atomic mass is 79.9. The number of halogens is 2. The van der Waals surface area contributed by atoms with E-state index in [9.17, 15) is 9.59 Å². The van der Waals surface area contributed by atoms with Crippen LogP contribution >= 0.6 is 31.9 Å². The summed E-state index contributed by atoms with van der Waals surface area (Å²) in [5, 5.41) is 12.6. The molecule has 1 N–H and O–H groups in total. The number of hydrogen-bond acceptors (Lipinski definition) is 5. The van der Waals surface area contributed by atoms with Crippen molar-refractivity contribution in [2.24, 2.45) is 5.16 Å². The molecule has 0 fully saturated rings. The Labute approximate surface area is 171 Å². The summed E-state index contributed by atoms with van der Waals surface area (Å²) in [4.78, 5) is 27.4. The number of benzene rings is 2. The Hall–Kier alpha value is -2.45. The average molecular weight is 495 g/mol. The predicted molar refractivity (Wildman–Crippen MR) is 107 cm³/mol. The first-order valence-corrected chi connectivity index (χ1v) is 9.36. The molecule has 2 aromatic carbocycles. The molecule has 1 heterocycles. The molecule has 138 valence electrons. The van der Waals surface area contributed by atoms with Crippen LogP contribution in [0.15, 0.2) is 56.1 Å². The molecular formula is C19H13Br2NO5. The number of rotatable bonds is 5. The first kappa shape index (κ1) is 19.3. The van der Waals surface area contributed by atoms with Crippen LogP contribution in [0, 0.1) is 0 Å². The summed E-state index contributed by atoms with van der Waals surface area (Å²) in [6.07, 6.45) is 1.66. The number of carbonyl (C=O) groups excluding carboxylic acids is 1.